The number of aromatic nitrogens is 3. The molecule has 0 atom stereocenters. The molecule has 1 aromatic carbocycles. The Morgan fingerprint density at radius 3 is 2.68 bits per heavy atom. The van der Waals surface area contributed by atoms with Crippen LogP contribution in [0.25, 0.3) is 0 Å². The van der Waals surface area contributed by atoms with Gasteiger partial charge in [0.25, 0.3) is 0 Å². The van der Waals surface area contributed by atoms with Gasteiger partial charge < -0.3 is 15.5 Å². The number of hydrogen-bond acceptors (Lipinski definition) is 5. The second-order valence-corrected chi connectivity index (χ2v) is 7.37. The molecular weight excluding hydrogens is 370 g/mol. The zero-order chi connectivity index (χ0) is 19.8. The first-order valence-electron chi connectivity index (χ1n) is 9.34. The van der Waals surface area contributed by atoms with E-state index in [1.165, 1.54) is 11.1 Å². The van der Waals surface area contributed by atoms with Crippen molar-refractivity contribution in [2.45, 2.75) is 26.6 Å². The lowest BCUT2D eigenvalue weighted by atomic mass is 10.1. The number of aliphatic imine (C=N–C) groups is 1. The van der Waals surface area contributed by atoms with E-state index in [-0.39, 0.29) is 0 Å². The lowest BCUT2D eigenvalue weighted by molar-refractivity contribution is 0.680. The molecule has 0 bridgehead atoms. The fourth-order valence-electron chi connectivity index (χ4n) is 2.70. The molecule has 2 heterocycles. The maximum Gasteiger partial charge on any atom is 0.191 e. The molecule has 0 unspecified atom stereocenters. The number of guanidine groups is 1. The smallest absolute Gasteiger partial charge is 0.191 e. The fourth-order valence-corrected chi connectivity index (χ4v) is 3.46. The monoisotopic (exact) mass is 397 g/mol. The Labute approximate surface area is 170 Å². The van der Waals surface area contributed by atoms with Crippen LogP contribution in [-0.2, 0) is 19.6 Å². The van der Waals surface area contributed by atoms with Gasteiger partial charge in [-0.15, -0.1) is 11.3 Å². The number of thiazole rings is 1. The number of benzene rings is 1. The summed E-state index contributed by atoms with van der Waals surface area (Å²) >= 11 is 1.64. The van der Waals surface area contributed by atoms with Crippen molar-refractivity contribution < 1.29 is 0 Å². The van der Waals surface area contributed by atoms with Crippen LogP contribution in [0, 0.1) is 0 Å². The summed E-state index contributed by atoms with van der Waals surface area (Å²) in [6.07, 6.45) is 3.77. The Bertz CT molecular complexity index is 884. The van der Waals surface area contributed by atoms with Crippen LogP contribution in [0.4, 0.5) is 5.13 Å². The highest BCUT2D eigenvalue weighted by atomic mass is 32.1. The zero-order valence-corrected chi connectivity index (χ0v) is 17.4. The number of nitrogens with zero attached hydrogens (tertiary/aromatic N) is 5. The van der Waals surface area contributed by atoms with Crippen molar-refractivity contribution in [2.24, 2.45) is 4.99 Å². The van der Waals surface area contributed by atoms with E-state index >= 15 is 0 Å². The van der Waals surface area contributed by atoms with E-state index in [4.69, 9.17) is 4.99 Å². The van der Waals surface area contributed by atoms with Gasteiger partial charge in [0.05, 0.1) is 25.3 Å². The highest BCUT2D eigenvalue weighted by molar-refractivity contribution is 7.13. The molecular formula is C20H27N7S. The lowest BCUT2D eigenvalue weighted by Crippen LogP contribution is -2.36. The minimum Gasteiger partial charge on any atom is -0.357 e. The summed E-state index contributed by atoms with van der Waals surface area (Å²) in [7, 11) is 4.00. The van der Waals surface area contributed by atoms with Crippen LogP contribution in [0.2, 0.25) is 0 Å². The van der Waals surface area contributed by atoms with Gasteiger partial charge in [0, 0.05) is 38.4 Å². The van der Waals surface area contributed by atoms with Gasteiger partial charge in [-0.25, -0.2) is 9.98 Å². The van der Waals surface area contributed by atoms with Gasteiger partial charge in [0.15, 0.2) is 11.1 Å². The molecule has 148 valence electrons. The van der Waals surface area contributed by atoms with Gasteiger partial charge in [-0.3, -0.25) is 4.68 Å². The number of rotatable bonds is 8. The summed E-state index contributed by atoms with van der Waals surface area (Å²) in [4.78, 5) is 11.4. The summed E-state index contributed by atoms with van der Waals surface area (Å²) in [6.45, 7) is 4.86. The Kier molecular flexibility index (Phi) is 7.02. The van der Waals surface area contributed by atoms with Crippen molar-refractivity contribution in [2.75, 3.05) is 25.5 Å². The Hall–Kier alpha value is -2.87. The van der Waals surface area contributed by atoms with Crippen LogP contribution in [0.15, 0.2) is 53.1 Å². The van der Waals surface area contributed by atoms with E-state index in [9.17, 15) is 0 Å². The van der Waals surface area contributed by atoms with Crippen LogP contribution < -0.4 is 15.5 Å². The van der Waals surface area contributed by atoms with E-state index in [0.717, 1.165) is 29.9 Å². The number of anilines is 1. The predicted octanol–water partition coefficient (Wildman–Crippen LogP) is 2.71. The van der Waals surface area contributed by atoms with Crippen LogP contribution in [0.3, 0.4) is 0 Å². The fraction of sp³-hybridized carbons (Fsp3) is 0.350. The van der Waals surface area contributed by atoms with Crippen molar-refractivity contribution >= 4 is 22.4 Å². The van der Waals surface area contributed by atoms with E-state index in [2.05, 4.69) is 57.3 Å². The van der Waals surface area contributed by atoms with Crippen molar-refractivity contribution in [1.82, 2.24) is 25.4 Å². The molecule has 0 aliphatic heterocycles. The topological polar surface area (TPSA) is 70.4 Å². The van der Waals surface area contributed by atoms with Crippen LogP contribution in [-0.4, -0.2) is 41.4 Å². The SMILES string of the molecule is CCNC(=NCc1ccccc1Cn1cccn1)NCc1csc(N(C)C)n1. The first kappa shape index (κ1) is 19.9. The second kappa shape index (κ2) is 9.89. The first-order chi connectivity index (χ1) is 13.7. The van der Waals surface area contributed by atoms with E-state index in [0.29, 0.717) is 13.1 Å². The number of nitrogens with one attached hydrogen (secondary N) is 2. The molecule has 0 saturated heterocycles. The third-order valence-corrected chi connectivity index (χ3v) is 5.18. The average molecular weight is 398 g/mol. The van der Waals surface area contributed by atoms with Crippen molar-refractivity contribution in [3.8, 4) is 0 Å². The van der Waals surface area contributed by atoms with Crippen LogP contribution in [0.5, 0.6) is 0 Å². The highest BCUT2D eigenvalue weighted by Gasteiger charge is 2.06. The molecule has 0 spiro atoms. The maximum atomic E-state index is 4.76. The molecule has 2 aromatic heterocycles. The molecule has 0 aliphatic rings. The summed E-state index contributed by atoms with van der Waals surface area (Å²) in [5.74, 6) is 0.788. The van der Waals surface area contributed by atoms with Crippen LogP contribution >= 0.6 is 11.3 Å². The van der Waals surface area contributed by atoms with E-state index in [1.807, 2.05) is 35.9 Å². The highest BCUT2D eigenvalue weighted by Crippen LogP contribution is 2.17. The van der Waals surface area contributed by atoms with E-state index < -0.39 is 0 Å². The molecule has 28 heavy (non-hydrogen) atoms. The summed E-state index contributed by atoms with van der Waals surface area (Å²) in [6, 6.07) is 10.3. The normalized spacial score (nSPS) is 11.5. The summed E-state index contributed by atoms with van der Waals surface area (Å²) in [5.41, 5.74) is 3.43. The molecule has 0 fully saturated rings. The van der Waals surface area contributed by atoms with Crippen molar-refractivity contribution in [3.05, 3.63) is 64.9 Å². The third-order valence-electron chi connectivity index (χ3n) is 4.12. The van der Waals surface area contributed by atoms with Gasteiger partial charge >= 0.3 is 0 Å². The predicted molar refractivity (Wildman–Crippen MR) is 116 cm³/mol. The molecule has 2 N–H and O–H groups in total. The summed E-state index contributed by atoms with van der Waals surface area (Å²) < 4.78 is 1.93. The standard InChI is InChI=1S/C20H27N7S/c1-4-21-19(23-13-18-15-28-20(25-18)26(2)3)22-12-16-8-5-6-9-17(16)14-27-11-7-10-24-27/h5-11,15H,4,12-14H2,1-3H3,(H2,21,22,23). The van der Waals surface area contributed by atoms with E-state index in [1.54, 1.807) is 17.5 Å². The molecule has 0 aliphatic carbocycles. The van der Waals surface area contributed by atoms with Gasteiger partial charge in [-0.2, -0.15) is 5.10 Å². The average Bonchev–Trinajstić information content (AvgIpc) is 3.37. The molecule has 0 saturated carbocycles. The Morgan fingerprint density at radius 2 is 2.00 bits per heavy atom. The second-order valence-electron chi connectivity index (χ2n) is 6.54. The minimum absolute atomic E-state index is 0.604. The molecule has 8 heteroatoms. The van der Waals surface area contributed by atoms with Crippen molar-refractivity contribution in [3.63, 3.8) is 0 Å². The number of hydrogen-bond donors (Lipinski definition) is 2. The Morgan fingerprint density at radius 1 is 1.18 bits per heavy atom. The Balaban J connectivity index is 1.65. The molecule has 0 amide bonds. The van der Waals surface area contributed by atoms with Gasteiger partial charge in [-0.1, -0.05) is 24.3 Å². The van der Waals surface area contributed by atoms with Gasteiger partial charge in [0.2, 0.25) is 0 Å². The lowest BCUT2D eigenvalue weighted by Gasteiger charge is -2.12. The quantitative estimate of drug-likeness (QED) is 0.452. The van der Waals surface area contributed by atoms with Crippen molar-refractivity contribution in [1.29, 1.82) is 0 Å². The molecule has 0 radical (unpaired) electrons. The third kappa shape index (κ3) is 5.56. The van der Waals surface area contributed by atoms with Gasteiger partial charge in [-0.05, 0) is 24.1 Å². The zero-order valence-electron chi connectivity index (χ0n) is 16.6. The summed E-state index contributed by atoms with van der Waals surface area (Å²) in [5, 5.41) is 14.1. The molecule has 3 aromatic rings. The largest absolute Gasteiger partial charge is 0.357 e. The van der Waals surface area contributed by atoms with Gasteiger partial charge in [0.1, 0.15) is 0 Å². The first-order valence-corrected chi connectivity index (χ1v) is 10.2. The van der Waals surface area contributed by atoms with Crippen LogP contribution in [0.1, 0.15) is 23.7 Å². The molecule has 3 rings (SSSR count). The molecule has 7 nitrogen and oxygen atoms in total. The maximum absolute atomic E-state index is 4.76. The minimum atomic E-state index is 0.604.